The molecule has 0 amide bonds. The Bertz CT molecular complexity index is 782. The fraction of sp³-hybridized carbons (Fsp3) is 0.286. The monoisotopic (exact) mass is 279 g/mol. The molecule has 1 aromatic heterocycles. The van der Waals surface area contributed by atoms with E-state index >= 15 is 0 Å². The molecule has 1 aromatic carbocycles. The van der Waals surface area contributed by atoms with E-state index in [-0.39, 0.29) is 34.9 Å². The minimum absolute atomic E-state index is 0.0401. The first-order valence-electron chi connectivity index (χ1n) is 6.23. The smallest absolute Gasteiger partial charge is 0.202 e. The highest BCUT2D eigenvalue weighted by Crippen LogP contribution is 2.36. The van der Waals surface area contributed by atoms with Gasteiger partial charge in [0.15, 0.2) is 23.3 Å². The third-order valence-corrected chi connectivity index (χ3v) is 3.61. The standard InChI is InChI=1S/C14H11F2NO3/c1-2-8-6-20-14-11(16)10(15)3-9-12(14)17(8)4-7(5-18)13(9)19/h3-5,8H,2,6H2,1H3. The fourth-order valence-corrected chi connectivity index (χ4v) is 2.53. The molecule has 0 aliphatic carbocycles. The van der Waals surface area contributed by atoms with Gasteiger partial charge in [0.25, 0.3) is 0 Å². The summed E-state index contributed by atoms with van der Waals surface area (Å²) >= 11 is 0. The van der Waals surface area contributed by atoms with Crippen molar-refractivity contribution in [2.75, 3.05) is 6.61 Å². The van der Waals surface area contributed by atoms with Crippen LogP contribution in [0.5, 0.6) is 5.75 Å². The van der Waals surface area contributed by atoms with Gasteiger partial charge in [-0.1, -0.05) is 6.92 Å². The largest absolute Gasteiger partial charge is 0.486 e. The molecule has 0 saturated carbocycles. The summed E-state index contributed by atoms with van der Waals surface area (Å²) in [5.41, 5.74) is -0.487. The van der Waals surface area contributed by atoms with Gasteiger partial charge in [-0.05, 0) is 12.5 Å². The number of aldehydes is 1. The lowest BCUT2D eigenvalue weighted by Crippen LogP contribution is -2.27. The third-order valence-electron chi connectivity index (χ3n) is 3.61. The Hall–Kier alpha value is -2.24. The summed E-state index contributed by atoms with van der Waals surface area (Å²) < 4.78 is 34.3. The number of halogens is 2. The van der Waals surface area contributed by atoms with E-state index in [0.29, 0.717) is 12.7 Å². The molecule has 0 bridgehead atoms. The Balaban J connectivity index is 2.54. The van der Waals surface area contributed by atoms with Gasteiger partial charge in [0, 0.05) is 6.20 Å². The maximum Gasteiger partial charge on any atom is 0.202 e. The van der Waals surface area contributed by atoms with Crippen LogP contribution < -0.4 is 10.2 Å². The molecule has 0 saturated heterocycles. The molecule has 0 spiro atoms. The summed E-state index contributed by atoms with van der Waals surface area (Å²) in [6.07, 6.45) is 2.48. The number of hydrogen-bond acceptors (Lipinski definition) is 3. The molecule has 6 heteroatoms. The van der Waals surface area contributed by atoms with Gasteiger partial charge in [-0.3, -0.25) is 9.59 Å². The molecule has 2 heterocycles. The third kappa shape index (κ3) is 1.57. The van der Waals surface area contributed by atoms with Crippen LogP contribution >= 0.6 is 0 Å². The van der Waals surface area contributed by atoms with Gasteiger partial charge in [-0.15, -0.1) is 0 Å². The van der Waals surface area contributed by atoms with Gasteiger partial charge in [-0.25, -0.2) is 4.39 Å². The van der Waals surface area contributed by atoms with Crippen molar-refractivity contribution in [2.45, 2.75) is 19.4 Å². The van der Waals surface area contributed by atoms with Crippen molar-refractivity contribution >= 4 is 17.2 Å². The van der Waals surface area contributed by atoms with Crippen LogP contribution in [-0.4, -0.2) is 17.5 Å². The molecular weight excluding hydrogens is 268 g/mol. The molecule has 0 N–H and O–H groups in total. The second-order valence-corrected chi connectivity index (χ2v) is 4.71. The second kappa shape index (κ2) is 4.40. The van der Waals surface area contributed by atoms with Gasteiger partial charge in [0.05, 0.1) is 22.5 Å². The van der Waals surface area contributed by atoms with Crippen LogP contribution in [0.3, 0.4) is 0 Å². The summed E-state index contributed by atoms with van der Waals surface area (Å²) in [7, 11) is 0. The molecule has 0 fully saturated rings. The Kier molecular flexibility index (Phi) is 2.81. The number of aromatic nitrogens is 1. The molecule has 1 aliphatic rings. The summed E-state index contributed by atoms with van der Waals surface area (Å²) in [6, 6.07) is 0.690. The average molecular weight is 279 g/mol. The number of hydrogen-bond donors (Lipinski definition) is 0. The van der Waals surface area contributed by atoms with Crippen LogP contribution in [0.1, 0.15) is 29.7 Å². The SMILES string of the molecule is CCC1COc2c(F)c(F)cc3c(=O)c(C=O)cn1c23. The summed E-state index contributed by atoms with van der Waals surface area (Å²) in [5, 5.41) is -0.0401. The molecule has 2 aromatic rings. The quantitative estimate of drug-likeness (QED) is 0.793. The molecule has 3 rings (SSSR count). The van der Waals surface area contributed by atoms with E-state index in [1.165, 1.54) is 6.20 Å². The molecule has 104 valence electrons. The molecule has 20 heavy (non-hydrogen) atoms. The van der Waals surface area contributed by atoms with Crippen molar-refractivity contribution in [3.8, 4) is 5.75 Å². The van der Waals surface area contributed by atoms with E-state index in [9.17, 15) is 18.4 Å². The van der Waals surface area contributed by atoms with Gasteiger partial charge >= 0.3 is 0 Å². The van der Waals surface area contributed by atoms with Crippen molar-refractivity contribution in [1.29, 1.82) is 0 Å². The summed E-state index contributed by atoms with van der Waals surface area (Å²) in [5.74, 6) is -2.53. The lowest BCUT2D eigenvalue weighted by atomic mass is 10.1. The summed E-state index contributed by atoms with van der Waals surface area (Å²) in [6.45, 7) is 2.07. The Labute approximate surface area is 112 Å². The van der Waals surface area contributed by atoms with Crippen LogP contribution in [0, 0.1) is 11.6 Å². The van der Waals surface area contributed by atoms with Crippen molar-refractivity contribution in [3.05, 3.63) is 39.7 Å². The van der Waals surface area contributed by atoms with E-state index in [4.69, 9.17) is 4.74 Å². The maximum absolute atomic E-state index is 13.8. The minimum Gasteiger partial charge on any atom is -0.486 e. The highest BCUT2D eigenvalue weighted by molar-refractivity contribution is 5.90. The van der Waals surface area contributed by atoms with E-state index in [1.807, 2.05) is 6.92 Å². The summed E-state index contributed by atoms with van der Waals surface area (Å²) in [4.78, 5) is 23.0. The number of nitrogens with zero attached hydrogens (tertiary/aromatic N) is 1. The predicted octanol–water partition coefficient (Wildman–Crippen LogP) is 2.44. The Morgan fingerprint density at radius 3 is 2.90 bits per heavy atom. The normalized spacial score (nSPS) is 17.1. The lowest BCUT2D eigenvalue weighted by Gasteiger charge is -2.28. The Morgan fingerprint density at radius 2 is 2.25 bits per heavy atom. The highest BCUT2D eigenvalue weighted by atomic mass is 19.2. The van der Waals surface area contributed by atoms with Crippen molar-refractivity contribution in [3.63, 3.8) is 0 Å². The molecular formula is C14H11F2NO3. The second-order valence-electron chi connectivity index (χ2n) is 4.71. The molecule has 0 radical (unpaired) electrons. The topological polar surface area (TPSA) is 48.3 Å². The van der Waals surface area contributed by atoms with E-state index < -0.39 is 17.1 Å². The molecule has 1 aliphatic heterocycles. The first-order valence-corrected chi connectivity index (χ1v) is 6.23. The Morgan fingerprint density at radius 1 is 1.50 bits per heavy atom. The number of pyridine rings is 1. The van der Waals surface area contributed by atoms with Crippen LogP contribution in [0.2, 0.25) is 0 Å². The van der Waals surface area contributed by atoms with E-state index in [0.717, 1.165) is 6.07 Å². The van der Waals surface area contributed by atoms with Crippen molar-refractivity contribution < 1.29 is 18.3 Å². The van der Waals surface area contributed by atoms with E-state index in [1.54, 1.807) is 4.57 Å². The number of rotatable bonds is 2. The zero-order valence-electron chi connectivity index (χ0n) is 10.7. The molecule has 1 atom stereocenters. The van der Waals surface area contributed by atoms with Gasteiger partial charge in [-0.2, -0.15) is 4.39 Å². The van der Waals surface area contributed by atoms with Crippen molar-refractivity contribution in [1.82, 2.24) is 4.57 Å². The average Bonchev–Trinajstić information content (AvgIpc) is 2.46. The van der Waals surface area contributed by atoms with Gasteiger partial charge < -0.3 is 9.30 Å². The van der Waals surface area contributed by atoms with Crippen LogP contribution in [0.25, 0.3) is 10.9 Å². The first-order chi connectivity index (χ1) is 9.58. The fourth-order valence-electron chi connectivity index (χ4n) is 2.53. The number of carbonyl (C=O) groups excluding carboxylic acids is 1. The maximum atomic E-state index is 13.8. The predicted molar refractivity (Wildman–Crippen MR) is 68.3 cm³/mol. The number of ether oxygens (including phenoxy) is 1. The van der Waals surface area contributed by atoms with Crippen LogP contribution in [0.15, 0.2) is 17.1 Å². The van der Waals surface area contributed by atoms with Crippen LogP contribution in [-0.2, 0) is 0 Å². The van der Waals surface area contributed by atoms with Crippen LogP contribution in [0.4, 0.5) is 8.78 Å². The van der Waals surface area contributed by atoms with E-state index in [2.05, 4.69) is 0 Å². The zero-order valence-corrected chi connectivity index (χ0v) is 10.7. The first kappa shape index (κ1) is 12.8. The number of benzene rings is 1. The molecule has 4 nitrogen and oxygen atoms in total. The minimum atomic E-state index is -1.16. The van der Waals surface area contributed by atoms with Gasteiger partial charge in [0.1, 0.15) is 6.61 Å². The van der Waals surface area contributed by atoms with Gasteiger partial charge in [0.2, 0.25) is 5.82 Å². The highest BCUT2D eigenvalue weighted by Gasteiger charge is 2.27. The molecule has 1 unspecified atom stereocenters. The zero-order chi connectivity index (χ0) is 14.4. The lowest BCUT2D eigenvalue weighted by molar-refractivity contribution is 0.112. The van der Waals surface area contributed by atoms with Crippen molar-refractivity contribution in [2.24, 2.45) is 0 Å². The number of carbonyl (C=O) groups is 1.